The van der Waals surface area contributed by atoms with Gasteiger partial charge in [0.15, 0.2) is 0 Å². The van der Waals surface area contributed by atoms with Gasteiger partial charge in [-0.1, -0.05) is 44.2 Å². The topological polar surface area (TPSA) is 109 Å². The second kappa shape index (κ2) is 10.5. The van der Waals surface area contributed by atoms with Crippen molar-refractivity contribution >= 4 is 0 Å². The Bertz CT molecular complexity index is 905. The highest BCUT2D eigenvalue weighted by Crippen LogP contribution is 2.34. The molecule has 7 heteroatoms. The summed E-state index contributed by atoms with van der Waals surface area (Å²) >= 11 is 0. The van der Waals surface area contributed by atoms with Gasteiger partial charge < -0.3 is 34.6 Å². The smallest absolute Gasteiger partial charge is 0.124 e. The number of hydrogen-bond donors (Lipinski definition) is 4. The molecule has 0 aromatic heterocycles. The van der Waals surface area contributed by atoms with E-state index in [0.717, 1.165) is 35.5 Å². The van der Waals surface area contributed by atoms with E-state index in [9.17, 15) is 20.4 Å². The minimum Gasteiger partial charge on any atom is -0.488 e. The lowest BCUT2D eigenvalue weighted by Gasteiger charge is -2.40. The summed E-state index contributed by atoms with van der Waals surface area (Å²) in [6.45, 7) is 5.11. The highest BCUT2D eigenvalue weighted by atomic mass is 16.5. The van der Waals surface area contributed by atoms with Gasteiger partial charge in [0.25, 0.3) is 0 Å². The van der Waals surface area contributed by atoms with Crippen LogP contribution in [-0.4, -0.2) is 70.8 Å². The quantitative estimate of drug-likeness (QED) is 0.503. The Morgan fingerprint density at radius 3 is 2.36 bits per heavy atom. The summed E-state index contributed by atoms with van der Waals surface area (Å²) in [5.74, 6) is 1.07. The molecule has 2 heterocycles. The Labute approximate surface area is 194 Å². The fourth-order valence-electron chi connectivity index (χ4n) is 4.44. The summed E-state index contributed by atoms with van der Waals surface area (Å²) in [5, 5.41) is 40.5. The average molecular weight is 459 g/mol. The number of ether oxygens (including phenoxy) is 3. The van der Waals surface area contributed by atoms with Crippen LogP contribution >= 0.6 is 0 Å². The van der Waals surface area contributed by atoms with E-state index < -0.39 is 37.1 Å². The van der Waals surface area contributed by atoms with Gasteiger partial charge in [0.2, 0.25) is 0 Å². The average Bonchev–Trinajstić information content (AvgIpc) is 3.32. The minimum absolute atomic E-state index is 0.111. The van der Waals surface area contributed by atoms with Crippen LogP contribution in [0.5, 0.6) is 5.75 Å². The fraction of sp³-hybridized carbons (Fsp3) is 0.538. The molecule has 4 N–H and O–H groups in total. The van der Waals surface area contributed by atoms with Crippen molar-refractivity contribution in [3.05, 3.63) is 64.7 Å². The predicted octanol–water partition coefficient (Wildman–Crippen LogP) is 2.08. The molecule has 7 nitrogen and oxygen atoms in total. The summed E-state index contributed by atoms with van der Waals surface area (Å²) in [5.41, 5.74) is 3.96. The van der Waals surface area contributed by atoms with Crippen LogP contribution in [0.2, 0.25) is 0 Å². The Balaban J connectivity index is 1.55. The molecule has 33 heavy (non-hydrogen) atoms. The number of aliphatic hydroxyl groups is 4. The van der Waals surface area contributed by atoms with Gasteiger partial charge in [0.1, 0.15) is 42.4 Å². The highest BCUT2D eigenvalue weighted by molar-refractivity contribution is 5.38. The summed E-state index contributed by atoms with van der Waals surface area (Å²) in [6, 6.07) is 14.1. The maximum absolute atomic E-state index is 10.6. The van der Waals surface area contributed by atoms with Gasteiger partial charge in [-0.2, -0.15) is 0 Å². The molecular weight excluding hydrogens is 424 g/mol. The third-order valence-electron chi connectivity index (χ3n) is 6.45. The van der Waals surface area contributed by atoms with Crippen molar-refractivity contribution in [2.24, 2.45) is 0 Å². The molecule has 0 saturated carbocycles. The Hall–Kier alpha value is -2.00. The molecule has 2 aliphatic rings. The maximum Gasteiger partial charge on any atom is 0.124 e. The molecule has 0 bridgehead atoms. The third-order valence-corrected chi connectivity index (χ3v) is 6.45. The number of benzene rings is 2. The molecule has 0 aliphatic carbocycles. The molecular formula is C26H34O7. The first-order valence-corrected chi connectivity index (χ1v) is 11.6. The normalized spacial score (nSPS) is 30.0. The molecule has 0 spiro atoms. The number of hydrogen-bond acceptors (Lipinski definition) is 7. The number of aliphatic hydroxyl groups excluding tert-OH is 4. The van der Waals surface area contributed by atoms with Gasteiger partial charge in [0, 0.05) is 6.42 Å². The van der Waals surface area contributed by atoms with Crippen LogP contribution in [0.15, 0.2) is 42.5 Å². The lowest BCUT2D eigenvalue weighted by atomic mass is 9.87. The highest BCUT2D eigenvalue weighted by Gasteiger charge is 2.44. The lowest BCUT2D eigenvalue weighted by molar-refractivity contribution is -0.231. The molecule has 4 rings (SSSR count). The molecule has 6 atom stereocenters. The second-order valence-electron chi connectivity index (χ2n) is 9.34. The van der Waals surface area contributed by atoms with Gasteiger partial charge in [-0.15, -0.1) is 0 Å². The second-order valence-corrected chi connectivity index (χ2v) is 9.34. The maximum atomic E-state index is 10.6. The summed E-state index contributed by atoms with van der Waals surface area (Å²) in [6.07, 6.45) is -4.15. The van der Waals surface area contributed by atoms with E-state index in [4.69, 9.17) is 14.2 Å². The SMILES string of the molecule is CC(C)c1cc(Cc2ccc(OC3CCOC3)cc2)cc([C@@H]2O[C@H](CO)[C@@H](O)[C@H](O)[C@H]2O)c1. The van der Waals surface area contributed by atoms with Gasteiger partial charge >= 0.3 is 0 Å². The standard InChI is InChI=1S/C26H34O7/c1-15(2)18-10-17(9-16-3-5-20(6-4-16)32-21-7-8-31-14-21)11-19(12-18)26-25(30)24(29)23(28)22(13-27)33-26/h3-6,10-12,15,21-30H,7-9,13-14H2,1-2H3/t21?,22-,23-,24+,25-,26+/m1/s1. The number of rotatable bonds is 7. The van der Waals surface area contributed by atoms with Gasteiger partial charge in [-0.05, 0) is 46.7 Å². The molecule has 2 saturated heterocycles. The van der Waals surface area contributed by atoms with Crippen LogP contribution < -0.4 is 4.74 Å². The van der Waals surface area contributed by atoms with Crippen molar-refractivity contribution in [3.63, 3.8) is 0 Å². The van der Waals surface area contributed by atoms with Crippen molar-refractivity contribution in [1.82, 2.24) is 0 Å². The van der Waals surface area contributed by atoms with Crippen molar-refractivity contribution in [2.45, 2.75) is 69.2 Å². The largest absolute Gasteiger partial charge is 0.488 e. The predicted molar refractivity (Wildman–Crippen MR) is 122 cm³/mol. The lowest BCUT2D eigenvalue weighted by Crippen LogP contribution is -2.55. The van der Waals surface area contributed by atoms with Gasteiger partial charge in [-0.3, -0.25) is 0 Å². The summed E-state index contributed by atoms with van der Waals surface area (Å²) in [4.78, 5) is 0. The minimum atomic E-state index is -1.40. The van der Waals surface area contributed by atoms with Crippen molar-refractivity contribution in [3.8, 4) is 5.75 Å². The molecule has 2 aromatic carbocycles. The first kappa shape index (κ1) is 24.1. The molecule has 180 valence electrons. The van der Waals surface area contributed by atoms with Crippen LogP contribution in [0.25, 0.3) is 0 Å². The zero-order valence-corrected chi connectivity index (χ0v) is 19.1. The molecule has 2 aliphatic heterocycles. The van der Waals surface area contributed by atoms with E-state index in [2.05, 4.69) is 19.9 Å². The van der Waals surface area contributed by atoms with E-state index >= 15 is 0 Å². The van der Waals surface area contributed by atoms with E-state index in [1.807, 2.05) is 36.4 Å². The van der Waals surface area contributed by atoms with Crippen LogP contribution in [0.1, 0.15) is 54.5 Å². The van der Waals surface area contributed by atoms with E-state index in [-0.39, 0.29) is 12.0 Å². The van der Waals surface area contributed by atoms with Crippen LogP contribution in [0, 0.1) is 0 Å². The first-order chi connectivity index (χ1) is 15.9. The van der Waals surface area contributed by atoms with E-state index in [1.54, 1.807) is 0 Å². The summed E-state index contributed by atoms with van der Waals surface area (Å²) in [7, 11) is 0. The molecule has 1 unspecified atom stereocenters. The van der Waals surface area contributed by atoms with Crippen molar-refractivity contribution in [2.75, 3.05) is 19.8 Å². The van der Waals surface area contributed by atoms with Crippen LogP contribution in [0.3, 0.4) is 0 Å². The molecule has 0 radical (unpaired) electrons. The molecule has 2 fully saturated rings. The van der Waals surface area contributed by atoms with Crippen LogP contribution in [-0.2, 0) is 15.9 Å². The van der Waals surface area contributed by atoms with E-state index in [1.165, 1.54) is 0 Å². The van der Waals surface area contributed by atoms with Crippen molar-refractivity contribution in [1.29, 1.82) is 0 Å². The Morgan fingerprint density at radius 1 is 0.970 bits per heavy atom. The Morgan fingerprint density at radius 2 is 1.73 bits per heavy atom. The fourth-order valence-corrected chi connectivity index (χ4v) is 4.44. The van der Waals surface area contributed by atoms with Crippen molar-refractivity contribution < 1.29 is 34.6 Å². The third kappa shape index (κ3) is 5.57. The summed E-state index contributed by atoms with van der Waals surface area (Å²) < 4.78 is 17.1. The van der Waals surface area contributed by atoms with Gasteiger partial charge in [-0.25, -0.2) is 0 Å². The molecule has 0 amide bonds. The monoisotopic (exact) mass is 458 g/mol. The zero-order valence-electron chi connectivity index (χ0n) is 19.1. The van der Waals surface area contributed by atoms with E-state index in [0.29, 0.717) is 18.6 Å². The van der Waals surface area contributed by atoms with Crippen LogP contribution in [0.4, 0.5) is 0 Å². The zero-order chi connectivity index (χ0) is 23.5. The molecule has 2 aromatic rings. The Kier molecular flexibility index (Phi) is 7.69. The first-order valence-electron chi connectivity index (χ1n) is 11.6. The van der Waals surface area contributed by atoms with Gasteiger partial charge in [0.05, 0.1) is 19.8 Å².